The van der Waals surface area contributed by atoms with E-state index in [2.05, 4.69) is 0 Å². The fourth-order valence-electron chi connectivity index (χ4n) is 1.92. The lowest BCUT2D eigenvalue weighted by Gasteiger charge is -2.23. The molecule has 0 atom stereocenters. The molecule has 2 rings (SSSR count). The summed E-state index contributed by atoms with van der Waals surface area (Å²) >= 11 is 0. The summed E-state index contributed by atoms with van der Waals surface area (Å²) in [6.45, 7) is 1.16. The first-order valence-electron chi connectivity index (χ1n) is 5.86. The molecule has 0 unspecified atom stereocenters. The van der Waals surface area contributed by atoms with Crippen molar-refractivity contribution >= 4 is 0 Å². The Morgan fingerprint density at radius 3 is 2.53 bits per heavy atom. The molecule has 1 aliphatic heterocycles. The molecule has 1 heterocycles. The molecular formula is C13H12F3NO2. The van der Waals surface area contributed by atoms with Gasteiger partial charge >= 0.3 is 6.18 Å². The van der Waals surface area contributed by atoms with Crippen molar-refractivity contribution in [3.63, 3.8) is 0 Å². The minimum absolute atomic E-state index is 0.0722. The first-order valence-corrected chi connectivity index (χ1v) is 5.86. The summed E-state index contributed by atoms with van der Waals surface area (Å²) in [5.74, 6) is 0.288. The Kier molecular flexibility index (Phi) is 3.96. The number of halogens is 3. The molecule has 1 fully saturated rings. The van der Waals surface area contributed by atoms with Crippen LogP contribution >= 0.6 is 0 Å². The van der Waals surface area contributed by atoms with E-state index >= 15 is 0 Å². The van der Waals surface area contributed by atoms with Crippen molar-refractivity contribution in [1.29, 1.82) is 5.26 Å². The Labute approximate surface area is 108 Å². The van der Waals surface area contributed by atoms with Crippen LogP contribution in [0.25, 0.3) is 0 Å². The molecule has 0 saturated carbocycles. The van der Waals surface area contributed by atoms with Gasteiger partial charge in [-0.05, 0) is 18.2 Å². The predicted molar refractivity (Wildman–Crippen MR) is 60.6 cm³/mol. The Hall–Kier alpha value is -1.74. The molecule has 0 aliphatic carbocycles. The summed E-state index contributed by atoms with van der Waals surface area (Å²) < 4.78 is 48.6. The quantitative estimate of drug-likeness (QED) is 0.829. The van der Waals surface area contributed by atoms with Gasteiger partial charge in [0.15, 0.2) is 0 Å². The van der Waals surface area contributed by atoms with Crippen LogP contribution in [0, 0.1) is 11.3 Å². The van der Waals surface area contributed by atoms with E-state index < -0.39 is 17.3 Å². The van der Waals surface area contributed by atoms with Crippen LogP contribution in [0.1, 0.15) is 24.0 Å². The second-order valence-corrected chi connectivity index (χ2v) is 4.25. The highest BCUT2D eigenvalue weighted by molar-refractivity contribution is 5.44. The number of ether oxygens (including phenoxy) is 2. The highest BCUT2D eigenvalue weighted by Crippen LogP contribution is 2.33. The third kappa shape index (κ3) is 3.38. The van der Waals surface area contributed by atoms with Gasteiger partial charge in [-0.2, -0.15) is 18.4 Å². The van der Waals surface area contributed by atoms with E-state index in [9.17, 15) is 13.2 Å². The van der Waals surface area contributed by atoms with E-state index in [1.807, 2.05) is 0 Å². The van der Waals surface area contributed by atoms with Gasteiger partial charge in [-0.3, -0.25) is 0 Å². The molecular weight excluding hydrogens is 259 g/mol. The van der Waals surface area contributed by atoms with Crippen molar-refractivity contribution < 1.29 is 22.6 Å². The average Bonchev–Trinajstić information content (AvgIpc) is 2.38. The number of hydrogen-bond acceptors (Lipinski definition) is 3. The van der Waals surface area contributed by atoms with E-state index in [1.54, 1.807) is 6.07 Å². The summed E-state index contributed by atoms with van der Waals surface area (Å²) in [7, 11) is 0. The van der Waals surface area contributed by atoms with Crippen LogP contribution in [-0.2, 0) is 10.9 Å². The molecule has 6 heteroatoms. The summed E-state index contributed by atoms with van der Waals surface area (Å²) in [5, 5.41) is 8.79. The number of nitrogens with zero attached hydrogens (tertiary/aromatic N) is 1. The summed E-state index contributed by atoms with van der Waals surface area (Å²) in [4.78, 5) is 0. The first kappa shape index (κ1) is 13.7. The third-order valence-electron chi connectivity index (χ3n) is 2.89. The number of benzene rings is 1. The lowest BCUT2D eigenvalue weighted by Crippen LogP contribution is -2.26. The second kappa shape index (κ2) is 5.49. The van der Waals surface area contributed by atoms with E-state index in [0.717, 1.165) is 12.1 Å². The molecule has 0 N–H and O–H groups in total. The summed E-state index contributed by atoms with van der Waals surface area (Å²) in [6.07, 6.45) is -3.20. The third-order valence-corrected chi connectivity index (χ3v) is 2.89. The highest BCUT2D eigenvalue weighted by Gasteiger charge is 2.33. The SMILES string of the molecule is N#Cc1cc(OC2CCOCC2)ccc1C(F)(F)F. The Bertz CT molecular complexity index is 488. The normalized spacial score (nSPS) is 16.9. The van der Waals surface area contributed by atoms with Crippen LogP contribution in [0.4, 0.5) is 13.2 Å². The number of hydrogen-bond donors (Lipinski definition) is 0. The molecule has 3 nitrogen and oxygen atoms in total. The van der Waals surface area contributed by atoms with Gasteiger partial charge in [0.25, 0.3) is 0 Å². The molecule has 1 saturated heterocycles. The van der Waals surface area contributed by atoms with Crippen molar-refractivity contribution in [2.75, 3.05) is 13.2 Å². The zero-order chi connectivity index (χ0) is 13.9. The predicted octanol–water partition coefficient (Wildman–Crippen LogP) is 3.13. The van der Waals surface area contributed by atoms with Gasteiger partial charge in [-0.25, -0.2) is 0 Å². The average molecular weight is 271 g/mol. The zero-order valence-corrected chi connectivity index (χ0v) is 10.0. The molecule has 1 aromatic rings. The van der Waals surface area contributed by atoms with Gasteiger partial charge < -0.3 is 9.47 Å². The van der Waals surface area contributed by atoms with Crippen LogP contribution < -0.4 is 4.74 Å². The molecule has 0 spiro atoms. The summed E-state index contributed by atoms with van der Waals surface area (Å²) in [5.41, 5.74) is -1.36. The lowest BCUT2D eigenvalue weighted by molar-refractivity contribution is -0.137. The number of nitriles is 1. The Morgan fingerprint density at radius 1 is 1.26 bits per heavy atom. The lowest BCUT2D eigenvalue weighted by atomic mass is 10.1. The fourth-order valence-corrected chi connectivity index (χ4v) is 1.92. The van der Waals surface area contributed by atoms with Crippen molar-refractivity contribution in [3.05, 3.63) is 29.3 Å². The van der Waals surface area contributed by atoms with Crippen LogP contribution in [0.3, 0.4) is 0 Å². The molecule has 1 aromatic carbocycles. The monoisotopic (exact) mass is 271 g/mol. The van der Waals surface area contributed by atoms with Gasteiger partial charge in [-0.15, -0.1) is 0 Å². The van der Waals surface area contributed by atoms with E-state index in [4.69, 9.17) is 14.7 Å². The standard InChI is InChI=1S/C13H12F3NO2/c14-13(15,16)12-2-1-11(7-9(12)8-17)19-10-3-5-18-6-4-10/h1-2,7,10H,3-6H2. The van der Waals surface area contributed by atoms with E-state index in [1.165, 1.54) is 6.07 Å². The van der Waals surface area contributed by atoms with Crippen LogP contribution in [0.15, 0.2) is 18.2 Å². The Morgan fingerprint density at radius 2 is 1.95 bits per heavy atom. The van der Waals surface area contributed by atoms with Crippen LogP contribution in [-0.4, -0.2) is 19.3 Å². The van der Waals surface area contributed by atoms with E-state index in [-0.39, 0.29) is 11.9 Å². The molecule has 0 bridgehead atoms. The molecule has 102 valence electrons. The second-order valence-electron chi connectivity index (χ2n) is 4.25. The summed E-state index contributed by atoms with van der Waals surface area (Å²) in [6, 6.07) is 4.82. The van der Waals surface area contributed by atoms with Crippen LogP contribution in [0.2, 0.25) is 0 Å². The maximum Gasteiger partial charge on any atom is 0.417 e. The van der Waals surface area contributed by atoms with Gasteiger partial charge in [-0.1, -0.05) is 0 Å². The highest BCUT2D eigenvalue weighted by atomic mass is 19.4. The van der Waals surface area contributed by atoms with Gasteiger partial charge in [0, 0.05) is 12.8 Å². The van der Waals surface area contributed by atoms with Crippen molar-refractivity contribution in [2.45, 2.75) is 25.1 Å². The maximum absolute atomic E-state index is 12.6. The van der Waals surface area contributed by atoms with Crippen molar-refractivity contribution in [1.82, 2.24) is 0 Å². The Balaban J connectivity index is 2.17. The molecule has 1 aliphatic rings. The maximum atomic E-state index is 12.6. The topological polar surface area (TPSA) is 42.2 Å². The molecule has 0 radical (unpaired) electrons. The fraction of sp³-hybridized carbons (Fsp3) is 0.462. The molecule has 19 heavy (non-hydrogen) atoms. The minimum Gasteiger partial charge on any atom is -0.490 e. The molecule has 0 amide bonds. The number of rotatable bonds is 2. The van der Waals surface area contributed by atoms with Crippen molar-refractivity contribution in [3.8, 4) is 11.8 Å². The van der Waals surface area contributed by atoms with Gasteiger partial charge in [0.1, 0.15) is 11.9 Å². The first-order chi connectivity index (χ1) is 9.00. The number of alkyl halides is 3. The van der Waals surface area contributed by atoms with Crippen LogP contribution in [0.5, 0.6) is 5.75 Å². The smallest absolute Gasteiger partial charge is 0.417 e. The largest absolute Gasteiger partial charge is 0.490 e. The van der Waals surface area contributed by atoms with Gasteiger partial charge in [0.05, 0.1) is 30.4 Å². The minimum atomic E-state index is -4.53. The molecule has 0 aromatic heterocycles. The van der Waals surface area contributed by atoms with Crippen molar-refractivity contribution in [2.24, 2.45) is 0 Å². The van der Waals surface area contributed by atoms with Gasteiger partial charge in [0.2, 0.25) is 0 Å². The van der Waals surface area contributed by atoms with E-state index in [0.29, 0.717) is 26.1 Å². The zero-order valence-electron chi connectivity index (χ0n) is 10.0.